The number of nitrogens with zero attached hydrogens (tertiary/aromatic N) is 2. The average Bonchev–Trinajstić information content (AvgIpc) is 2.99. The minimum atomic E-state index is 0.352. The predicted molar refractivity (Wildman–Crippen MR) is 91.8 cm³/mol. The Morgan fingerprint density at radius 2 is 1.71 bits per heavy atom. The van der Waals surface area contributed by atoms with Gasteiger partial charge in [0.1, 0.15) is 0 Å². The summed E-state index contributed by atoms with van der Waals surface area (Å²) < 4.78 is 0. The first-order valence-corrected chi connectivity index (χ1v) is 9.22. The molecule has 3 heteroatoms. The SMILES string of the molecule is CCCNC(C)C(C)(C)CN1CCN(C2CCCC2)CC1. The Morgan fingerprint density at radius 1 is 1.10 bits per heavy atom. The van der Waals surface area contributed by atoms with Gasteiger partial charge >= 0.3 is 0 Å². The molecule has 1 aliphatic heterocycles. The first kappa shape index (κ1) is 17.2. The monoisotopic (exact) mass is 295 g/mol. The van der Waals surface area contributed by atoms with Gasteiger partial charge in [-0.2, -0.15) is 0 Å². The standard InChI is InChI=1S/C18H37N3/c1-5-10-19-16(2)18(3,4)15-20-11-13-21(14-12-20)17-8-6-7-9-17/h16-17,19H,5-15H2,1-4H3. The summed E-state index contributed by atoms with van der Waals surface area (Å²) in [6.07, 6.45) is 7.03. The van der Waals surface area contributed by atoms with Crippen LogP contribution in [-0.4, -0.2) is 61.2 Å². The van der Waals surface area contributed by atoms with Gasteiger partial charge in [-0.25, -0.2) is 0 Å². The predicted octanol–water partition coefficient (Wildman–Crippen LogP) is 2.96. The van der Waals surface area contributed by atoms with Crippen molar-refractivity contribution in [2.24, 2.45) is 5.41 Å². The number of hydrogen-bond donors (Lipinski definition) is 1. The Morgan fingerprint density at radius 3 is 2.29 bits per heavy atom. The fourth-order valence-electron chi connectivity index (χ4n) is 3.91. The normalized spacial score (nSPS) is 24.6. The lowest BCUT2D eigenvalue weighted by Crippen LogP contribution is -2.54. The smallest absolute Gasteiger partial charge is 0.0113 e. The summed E-state index contributed by atoms with van der Waals surface area (Å²) in [6.45, 7) is 16.9. The molecule has 0 radical (unpaired) electrons. The van der Waals surface area contributed by atoms with E-state index in [1.54, 1.807) is 0 Å². The molecular formula is C18H37N3. The van der Waals surface area contributed by atoms with Crippen molar-refractivity contribution in [1.29, 1.82) is 0 Å². The fraction of sp³-hybridized carbons (Fsp3) is 1.00. The molecule has 1 saturated carbocycles. The molecule has 0 aromatic carbocycles. The van der Waals surface area contributed by atoms with Gasteiger partial charge in [-0.1, -0.05) is 33.6 Å². The molecule has 0 spiro atoms. The third-order valence-electron chi connectivity index (χ3n) is 5.75. The van der Waals surface area contributed by atoms with E-state index in [2.05, 4.69) is 42.8 Å². The van der Waals surface area contributed by atoms with E-state index in [0.29, 0.717) is 11.5 Å². The van der Waals surface area contributed by atoms with Crippen LogP contribution in [0.15, 0.2) is 0 Å². The second-order valence-corrected chi connectivity index (χ2v) is 7.91. The molecule has 1 atom stereocenters. The summed E-state index contributed by atoms with van der Waals surface area (Å²) in [5, 5.41) is 3.68. The molecule has 1 aliphatic carbocycles. The highest BCUT2D eigenvalue weighted by Gasteiger charge is 2.31. The average molecular weight is 296 g/mol. The summed E-state index contributed by atoms with van der Waals surface area (Å²) in [5.41, 5.74) is 0.352. The Labute approximate surface area is 132 Å². The minimum absolute atomic E-state index is 0.352. The molecule has 21 heavy (non-hydrogen) atoms. The molecule has 1 unspecified atom stereocenters. The van der Waals surface area contributed by atoms with Crippen molar-refractivity contribution in [3.05, 3.63) is 0 Å². The van der Waals surface area contributed by atoms with Gasteiger partial charge in [-0.05, 0) is 38.1 Å². The number of nitrogens with one attached hydrogen (secondary N) is 1. The molecule has 2 rings (SSSR count). The van der Waals surface area contributed by atoms with Gasteiger partial charge in [-0.3, -0.25) is 4.90 Å². The Bertz CT molecular complexity index is 289. The lowest BCUT2D eigenvalue weighted by atomic mass is 9.84. The molecule has 3 nitrogen and oxygen atoms in total. The third kappa shape index (κ3) is 4.94. The third-order valence-corrected chi connectivity index (χ3v) is 5.75. The topological polar surface area (TPSA) is 18.5 Å². The highest BCUT2D eigenvalue weighted by atomic mass is 15.3. The summed E-state index contributed by atoms with van der Waals surface area (Å²) in [6, 6.07) is 1.50. The molecule has 1 N–H and O–H groups in total. The van der Waals surface area contributed by atoms with Crippen LogP contribution >= 0.6 is 0 Å². The summed E-state index contributed by atoms with van der Waals surface area (Å²) >= 11 is 0. The zero-order chi connectivity index (χ0) is 15.3. The van der Waals surface area contributed by atoms with E-state index in [1.807, 2.05) is 0 Å². The van der Waals surface area contributed by atoms with Crippen LogP contribution in [0.4, 0.5) is 0 Å². The van der Waals surface area contributed by atoms with Crippen LogP contribution in [0.2, 0.25) is 0 Å². The molecule has 0 bridgehead atoms. The van der Waals surface area contributed by atoms with E-state index < -0.39 is 0 Å². The number of hydrogen-bond acceptors (Lipinski definition) is 3. The van der Waals surface area contributed by atoms with Gasteiger partial charge in [0.2, 0.25) is 0 Å². The quantitative estimate of drug-likeness (QED) is 0.779. The lowest BCUT2D eigenvalue weighted by molar-refractivity contribution is 0.0635. The van der Waals surface area contributed by atoms with Crippen LogP contribution in [0.25, 0.3) is 0 Å². The Hall–Kier alpha value is -0.120. The van der Waals surface area contributed by atoms with Gasteiger partial charge in [-0.15, -0.1) is 0 Å². The van der Waals surface area contributed by atoms with Gasteiger partial charge in [0, 0.05) is 44.8 Å². The maximum absolute atomic E-state index is 3.68. The van der Waals surface area contributed by atoms with Gasteiger partial charge in [0.25, 0.3) is 0 Å². The first-order chi connectivity index (χ1) is 10.0. The summed E-state index contributed by atoms with van der Waals surface area (Å²) in [7, 11) is 0. The van der Waals surface area contributed by atoms with Crippen molar-refractivity contribution in [2.45, 2.75) is 71.9 Å². The van der Waals surface area contributed by atoms with Gasteiger partial charge in [0.15, 0.2) is 0 Å². The summed E-state index contributed by atoms with van der Waals surface area (Å²) in [4.78, 5) is 5.45. The second-order valence-electron chi connectivity index (χ2n) is 7.91. The molecule has 124 valence electrons. The Kier molecular flexibility index (Phi) is 6.51. The van der Waals surface area contributed by atoms with E-state index in [9.17, 15) is 0 Å². The first-order valence-electron chi connectivity index (χ1n) is 9.22. The van der Waals surface area contributed by atoms with E-state index in [4.69, 9.17) is 0 Å². The number of piperazine rings is 1. The highest BCUT2D eigenvalue weighted by molar-refractivity contribution is 4.87. The van der Waals surface area contributed by atoms with Crippen molar-refractivity contribution in [3.8, 4) is 0 Å². The molecule has 0 aromatic rings. The highest BCUT2D eigenvalue weighted by Crippen LogP contribution is 2.26. The van der Waals surface area contributed by atoms with E-state index in [0.717, 1.165) is 12.6 Å². The zero-order valence-corrected chi connectivity index (χ0v) is 14.8. The molecule has 0 aromatic heterocycles. The molecule has 1 saturated heterocycles. The van der Waals surface area contributed by atoms with Crippen molar-refractivity contribution >= 4 is 0 Å². The maximum atomic E-state index is 3.68. The second kappa shape index (κ2) is 7.94. The molecule has 2 aliphatic rings. The lowest BCUT2D eigenvalue weighted by Gasteiger charge is -2.43. The van der Waals surface area contributed by atoms with E-state index >= 15 is 0 Å². The zero-order valence-electron chi connectivity index (χ0n) is 14.8. The van der Waals surface area contributed by atoms with Gasteiger partial charge in [0.05, 0.1) is 0 Å². The van der Waals surface area contributed by atoms with Crippen LogP contribution in [0.3, 0.4) is 0 Å². The van der Waals surface area contributed by atoms with Crippen molar-refractivity contribution in [3.63, 3.8) is 0 Å². The molecular weight excluding hydrogens is 258 g/mol. The van der Waals surface area contributed by atoms with Crippen LogP contribution in [0, 0.1) is 5.41 Å². The molecule has 1 heterocycles. The van der Waals surface area contributed by atoms with Crippen LogP contribution in [-0.2, 0) is 0 Å². The van der Waals surface area contributed by atoms with Crippen LogP contribution < -0.4 is 5.32 Å². The molecule has 2 fully saturated rings. The van der Waals surface area contributed by atoms with Crippen LogP contribution in [0.5, 0.6) is 0 Å². The minimum Gasteiger partial charge on any atom is -0.314 e. The molecule has 0 amide bonds. The van der Waals surface area contributed by atoms with Crippen molar-refractivity contribution in [1.82, 2.24) is 15.1 Å². The Balaban J connectivity index is 1.74. The van der Waals surface area contributed by atoms with E-state index in [1.165, 1.54) is 64.8 Å². The van der Waals surface area contributed by atoms with Crippen LogP contribution in [0.1, 0.15) is 59.8 Å². The fourth-order valence-corrected chi connectivity index (χ4v) is 3.91. The van der Waals surface area contributed by atoms with Gasteiger partial charge < -0.3 is 10.2 Å². The number of rotatable bonds is 7. The van der Waals surface area contributed by atoms with Crippen molar-refractivity contribution in [2.75, 3.05) is 39.3 Å². The maximum Gasteiger partial charge on any atom is 0.0113 e. The largest absolute Gasteiger partial charge is 0.314 e. The summed E-state index contributed by atoms with van der Waals surface area (Å²) in [5.74, 6) is 0. The van der Waals surface area contributed by atoms with E-state index in [-0.39, 0.29) is 0 Å². The van der Waals surface area contributed by atoms with Crippen molar-refractivity contribution < 1.29 is 0 Å².